The molecule has 0 saturated heterocycles. The predicted molar refractivity (Wildman–Crippen MR) is 230 cm³/mol. The number of carboxylic acid groups (broad SMARTS) is 1. The van der Waals surface area contributed by atoms with E-state index in [0.29, 0.717) is 61.5 Å². The molecule has 8 N–H and O–H groups in total. The van der Waals surface area contributed by atoms with E-state index in [2.05, 4.69) is 29.0 Å². The average molecular weight is 807 g/mol. The normalized spacial score (nSPS) is 24.0. The van der Waals surface area contributed by atoms with E-state index in [1.807, 2.05) is 48.5 Å². The Hall–Kier alpha value is -4.64. The van der Waals surface area contributed by atoms with Gasteiger partial charge >= 0.3 is 5.97 Å². The first-order valence-corrected chi connectivity index (χ1v) is 21.9. The predicted octanol–water partition coefficient (Wildman–Crippen LogP) is 8.57. The molecule has 0 radical (unpaired) electrons. The highest BCUT2D eigenvalue weighted by molar-refractivity contribution is 5.83. The quantitative estimate of drug-likeness (QED) is 0.0319. The lowest BCUT2D eigenvalue weighted by molar-refractivity contribution is -0.268. The van der Waals surface area contributed by atoms with Gasteiger partial charge in [0.15, 0.2) is 0 Å². The summed E-state index contributed by atoms with van der Waals surface area (Å²) >= 11 is 0. The summed E-state index contributed by atoms with van der Waals surface area (Å²) in [6.45, 7) is 2.20. The zero-order chi connectivity index (χ0) is 41.9. The second kappa shape index (κ2) is 20.6. The first-order valence-electron chi connectivity index (χ1n) is 21.9. The van der Waals surface area contributed by atoms with Crippen molar-refractivity contribution in [3.05, 3.63) is 96.3 Å². The van der Waals surface area contributed by atoms with Gasteiger partial charge in [0.25, 0.3) is 0 Å². The molecule has 318 valence electrons. The maximum Gasteiger partial charge on any atom is 0.309 e. The molecular weight excluding hydrogens is 743 g/mol. The number of aromatic hydroxyl groups is 1. The van der Waals surface area contributed by atoms with Crippen molar-refractivity contribution >= 4 is 11.8 Å². The van der Waals surface area contributed by atoms with Gasteiger partial charge in [0.2, 0.25) is 0 Å². The summed E-state index contributed by atoms with van der Waals surface area (Å²) in [5.41, 5.74) is 9.78. The number of aliphatic hydroxyl groups is 3. The van der Waals surface area contributed by atoms with Gasteiger partial charge in [-0.25, -0.2) is 4.98 Å². The highest BCUT2D eigenvalue weighted by atomic mass is 16.4. The summed E-state index contributed by atoms with van der Waals surface area (Å²) in [6.07, 6.45) is 16.6. The lowest BCUT2D eigenvalue weighted by Gasteiger charge is -2.32. The minimum atomic E-state index is -1.18. The Morgan fingerprint density at radius 1 is 0.949 bits per heavy atom. The summed E-state index contributed by atoms with van der Waals surface area (Å²) in [5.74, 6) is -1.47. The zero-order valence-corrected chi connectivity index (χ0v) is 34.5. The number of nitrogens with zero attached hydrogens (tertiary/aromatic N) is 1. The SMILES string of the molecule is CCCCC[C@@H]1C=C[C@@H](CCCCC[C@H](C(=O)O)[C@H](O)CC[C@]2(O)C[C@H](Cc3ccnc(N)c3)C[C@H]2Cc2cc(-c3ccccc3)c(-c3cc([O-])cc(O)c3)[nH]2)[C@H](O)C1. The fraction of sp³-hybridized carbons (Fsp3) is 0.510. The molecule has 0 bridgehead atoms. The Bertz CT molecular complexity index is 1960. The number of benzene rings is 2. The molecule has 0 unspecified atom stereocenters. The number of anilines is 1. The standard InChI is InChI=1S/C49H65N3O7/c1-2-3-6-11-32-16-17-36(45(56)24-32)14-9-5-10-15-42(48(57)58)44(55)18-20-49(59)31-34(22-33-19-21-51-46(50)25-33)23-38(49)28-39-29-43(35-12-7-4-8-13-35)47(52-39)37-26-40(53)30-41(54)27-37/h4,7-8,12-13,16-17,19,21,25-27,29-30,32,34,36,38,42,44-45,52-56,59H,2-3,5-6,9-11,14-15,18,20,22-24,28,31H2,1H3,(H2,50,51)(H,57,58)/p-1/t32-,34-,36-,38+,42+,44-,45-,49+/m1/s1. The molecule has 0 spiro atoms. The van der Waals surface area contributed by atoms with Crippen LogP contribution in [0.3, 0.4) is 0 Å². The van der Waals surface area contributed by atoms with Crippen LogP contribution in [0.2, 0.25) is 0 Å². The second-order valence-electron chi connectivity index (χ2n) is 17.6. The minimum Gasteiger partial charge on any atom is -0.872 e. The molecule has 2 aliphatic rings. The van der Waals surface area contributed by atoms with E-state index in [-0.39, 0.29) is 48.2 Å². The third-order valence-corrected chi connectivity index (χ3v) is 13.0. The van der Waals surface area contributed by atoms with E-state index in [1.54, 1.807) is 12.3 Å². The monoisotopic (exact) mass is 806 g/mol. The number of phenols is 1. The lowest BCUT2D eigenvalue weighted by atomic mass is 9.80. The molecule has 4 aromatic rings. The largest absolute Gasteiger partial charge is 0.872 e. The van der Waals surface area contributed by atoms with Crippen LogP contribution in [0.15, 0.2) is 85.1 Å². The fourth-order valence-electron chi connectivity index (χ4n) is 9.90. The molecular formula is C49H64N3O7-. The summed E-state index contributed by atoms with van der Waals surface area (Å²) in [5, 5.41) is 67.6. The van der Waals surface area contributed by atoms with Crippen molar-refractivity contribution in [3.63, 3.8) is 0 Å². The number of allylic oxidation sites excluding steroid dienone is 1. The van der Waals surface area contributed by atoms with Gasteiger partial charge in [0.05, 0.1) is 29.4 Å². The zero-order valence-electron chi connectivity index (χ0n) is 34.5. The molecule has 6 rings (SSSR count). The number of pyridine rings is 1. The topological polar surface area (TPSA) is 196 Å². The maximum atomic E-state index is 12.5. The van der Waals surface area contributed by atoms with Crippen LogP contribution in [0.1, 0.15) is 108 Å². The number of aromatic nitrogens is 2. The number of unbranched alkanes of at least 4 members (excludes halogenated alkanes) is 4. The Labute approximate surface area is 349 Å². The number of nitrogen functional groups attached to an aromatic ring is 1. The Morgan fingerprint density at radius 3 is 2.47 bits per heavy atom. The number of aromatic amines is 1. The van der Waals surface area contributed by atoms with E-state index in [0.717, 1.165) is 54.5 Å². The number of H-pyrrole nitrogens is 1. The molecule has 2 aromatic heterocycles. The van der Waals surface area contributed by atoms with Crippen molar-refractivity contribution in [2.45, 2.75) is 127 Å². The number of hydrogen-bond donors (Lipinski definition) is 7. The molecule has 2 aromatic carbocycles. The third-order valence-electron chi connectivity index (χ3n) is 13.0. The summed E-state index contributed by atoms with van der Waals surface area (Å²) < 4.78 is 0. The molecule has 1 saturated carbocycles. The highest BCUT2D eigenvalue weighted by Gasteiger charge is 2.46. The van der Waals surface area contributed by atoms with Crippen LogP contribution < -0.4 is 10.8 Å². The van der Waals surface area contributed by atoms with Crippen LogP contribution in [0.4, 0.5) is 5.82 Å². The Balaban J connectivity index is 1.12. The summed E-state index contributed by atoms with van der Waals surface area (Å²) in [7, 11) is 0. The minimum absolute atomic E-state index is 0.112. The van der Waals surface area contributed by atoms with Crippen molar-refractivity contribution in [1.29, 1.82) is 0 Å². The lowest BCUT2D eigenvalue weighted by Crippen LogP contribution is -2.37. The van der Waals surface area contributed by atoms with Gasteiger partial charge in [-0.1, -0.05) is 94.0 Å². The van der Waals surface area contributed by atoms with Gasteiger partial charge in [-0.2, -0.15) is 0 Å². The van der Waals surface area contributed by atoms with E-state index in [1.165, 1.54) is 31.4 Å². The van der Waals surface area contributed by atoms with Crippen LogP contribution in [0, 0.1) is 29.6 Å². The van der Waals surface area contributed by atoms with E-state index in [9.17, 15) is 35.4 Å². The number of nitrogens with one attached hydrogen (secondary N) is 1. The van der Waals surface area contributed by atoms with Crippen LogP contribution in [-0.4, -0.2) is 59.3 Å². The van der Waals surface area contributed by atoms with E-state index in [4.69, 9.17) is 5.73 Å². The molecule has 10 nitrogen and oxygen atoms in total. The van der Waals surface area contributed by atoms with Crippen LogP contribution in [-0.2, 0) is 17.6 Å². The van der Waals surface area contributed by atoms with Crippen LogP contribution >= 0.6 is 0 Å². The average Bonchev–Trinajstić information content (AvgIpc) is 3.76. The number of nitrogens with two attached hydrogens (primary N) is 1. The second-order valence-corrected chi connectivity index (χ2v) is 17.6. The Morgan fingerprint density at radius 2 is 1.75 bits per heavy atom. The molecule has 59 heavy (non-hydrogen) atoms. The van der Waals surface area contributed by atoms with Crippen molar-refractivity contribution in [2.24, 2.45) is 29.6 Å². The van der Waals surface area contributed by atoms with Crippen LogP contribution in [0.25, 0.3) is 22.4 Å². The number of aliphatic hydroxyl groups excluding tert-OH is 2. The molecule has 8 atom stereocenters. The van der Waals surface area contributed by atoms with Crippen molar-refractivity contribution in [1.82, 2.24) is 9.97 Å². The molecule has 2 heterocycles. The number of phenolic OH excluding ortho intramolecular Hbond substituents is 1. The smallest absolute Gasteiger partial charge is 0.309 e. The Kier molecular flexibility index (Phi) is 15.3. The third kappa shape index (κ3) is 12.0. The van der Waals surface area contributed by atoms with Crippen LogP contribution in [0.5, 0.6) is 11.5 Å². The molecule has 0 aliphatic heterocycles. The summed E-state index contributed by atoms with van der Waals surface area (Å²) in [6, 6.07) is 19.9. The van der Waals surface area contributed by atoms with Gasteiger partial charge < -0.3 is 41.4 Å². The maximum absolute atomic E-state index is 12.5. The first kappa shape index (κ1) is 43.9. The number of rotatable bonds is 21. The first-order chi connectivity index (χ1) is 28.4. The number of carboxylic acids is 1. The number of carbonyl (C=O) groups is 1. The molecule has 0 amide bonds. The van der Waals surface area contributed by atoms with Crippen molar-refractivity contribution < 1.29 is 35.4 Å². The van der Waals surface area contributed by atoms with E-state index < -0.39 is 23.6 Å². The number of aliphatic carboxylic acids is 1. The number of hydrogen-bond acceptors (Lipinski definition) is 8. The van der Waals surface area contributed by atoms with Gasteiger partial charge in [-0.05, 0) is 123 Å². The molecule has 10 heteroatoms. The van der Waals surface area contributed by atoms with Crippen molar-refractivity contribution in [2.75, 3.05) is 5.73 Å². The summed E-state index contributed by atoms with van der Waals surface area (Å²) in [4.78, 5) is 20.1. The van der Waals surface area contributed by atoms with Crippen molar-refractivity contribution in [3.8, 4) is 33.9 Å². The highest BCUT2D eigenvalue weighted by Crippen LogP contribution is 2.47. The van der Waals surface area contributed by atoms with Gasteiger partial charge in [-0.15, -0.1) is 5.75 Å². The van der Waals surface area contributed by atoms with Gasteiger partial charge in [0, 0.05) is 28.9 Å². The van der Waals surface area contributed by atoms with Gasteiger partial charge in [-0.3, -0.25) is 4.79 Å². The van der Waals surface area contributed by atoms with Gasteiger partial charge in [0.1, 0.15) is 11.6 Å². The van der Waals surface area contributed by atoms with E-state index >= 15 is 0 Å². The molecule has 2 aliphatic carbocycles. The molecule has 1 fully saturated rings. The fourth-order valence-corrected chi connectivity index (χ4v) is 9.90.